The van der Waals surface area contributed by atoms with E-state index in [1.165, 1.54) is 0 Å². The number of hydrogen-bond donors (Lipinski definition) is 1. The predicted octanol–water partition coefficient (Wildman–Crippen LogP) is 17.9. The molecule has 0 amide bonds. The second-order valence-electron chi connectivity index (χ2n) is 21.7. The smallest absolute Gasteiger partial charge is 0.338 e. The van der Waals surface area contributed by atoms with E-state index in [0.717, 1.165) is 55.6 Å². The van der Waals surface area contributed by atoms with Gasteiger partial charge in [-0.1, -0.05) is 175 Å². The highest BCUT2D eigenvalue weighted by atomic mass is 79.9. The van der Waals surface area contributed by atoms with Crippen LogP contribution in [0.2, 0.25) is 0 Å². The molecule has 86 heavy (non-hydrogen) atoms. The van der Waals surface area contributed by atoms with E-state index in [0.29, 0.717) is 31.2 Å². The lowest BCUT2D eigenvalue weighted by atomic mass is 9.43. The Morgan fingerprint density at radius 1 is 0.581 bits per heavy atom. The van der Waals surface area contributed by atoms with Gasteiger partial charge in [-0.05, 0) is 191 Å². The van der Waals surface area contributed by atoms with Crippen LogP contribution >= 0.6 is 168 Å². The summed E-state index contributed by atoms with van der Waals surface area (Å²) in [5.74, 6) is -3.06. The average molecular weight is 1630 g/mol. The summed E-state index contributed by atoms with van der Waals surface area (Å²) in [5.41, 5.74) is 0.0219. The van der Waals surface area contributed by atoms with Crippen LogP contribution in [-0.4, -0.2) is 103 Å². The number of esters is 5. The Balaban J connectivity index is 0.000000808. The maximum absolute atomic E-state index is 14.2. The minimum absolute atomic E-state index is 0.00122. The van der Waals surface area contributed by atoms with Gasteiger partial charge in [-0.3, -0.25) is 0 Å². The maximum Gasteiger partial charge on any atom is 0.338 e. The van der Waals surface area contributed by atoms with E-state index in [1.807, 2.05) is 12.1 Å². The van der Waals surface area contributed by atoms with Gasteiger partial charge in [0.05, 0.1) is 46.7 Å². The van der Waals surface area contributed by atoms with Crippen LogP contribution in [0.25, 0.3) is 0 Å². The van der Waals surface area contributed by atoms with Crippen LogP contribution in [0, 0.1) is 34.5 Å². The highest BCUT2D eigenvalue weighted by Crippen LogP contribution is 2.70. The summed E-state index contributed by atoms with van der Waals surface area (Å²) < 4.78 is 45.1. The molecule has 468 valence electrons. The molecule has 0 radical (unpaired) electrons. The molecule has 4 saturated carbocycles. The summed E-state index contributed by atoms with van der Waals surface area (Å²) in [7, 11) is 0. The quantitative estimate of drug-likeness (QED) is 0.0616. The molecule has 4 aromatic carbocycles. The van der Waals surface area contributed by atoms with Crippen LogP contribution in [-0.2, 0) is 38.0 Å². The summed E-state index contributed by atoms with van der Waals surface area (Å²) in [6.07, 6.45) is 0.725. The summed E-state index contributed by atoms with van der Waals surface area (Å²) in [4.78, 5) is 68.4. The number of aliphatic hydroxyl groups is 1. The minimum Gasteiger partial charge on any atom is -0.461 e. The highest BCUT2D eigenvalue weighted by Gasteiger charge is 2.69. The number of carbonyl (C=O) groups excluding carboxylic acids is 5. The van der Waals surface area contributed by atoms with E-state index < -0.39 is 90.0 Å². The lowest BCUT2D eigenvalue weighted by Gasteiger charge is -2.64. The highest BCUT2D eigenvalue weighted by molar-refractivity contribution is 9.11. The monoisotopic (exact) mass is 1620 g/mol. The molecule has 1 N–H and O–H groups in total. The Labute approximate surface area is 578 Å². The van der Waals surface area contributed by atoms with Crippen molar-refractivity contribution in [1.82, 2.24) is 0 Å². The van der Waals surface area contributed by atoms with Crippen LogP contribution in [0.4, 0.5) is 0 Å². The maximum atomic E-state index is 14.2. The lowest BCUT2D eigenvalue weighted by molar-refractivity contribution is -0.309. The van der Waals surface area contributed by atoms with Crippen molar-refractivity contribution >= 4 is 198 Å². The van der Waals surface area contributed by atoms with Gasteiger partial charge in [0.2, 0.25) is 0 Å². The number of rotatable bonds is 12. The normalized spacial score (nSPS) is 29.8. The van der Waals surface area contributed by atoms with Gasteiger partial charge in [0, 0.05) is 34.8 Å². The van der Waals surface area contributed by atoms with Crippen molar-refractivity contribution < 1.29 is 62.2 Å². The van der Waals surface area contributed by atoms with Crippen molar-refractivity contribution in [3.05, 3.63) is 149 Å². The molecule has 6 aliphatic rings. The number of fused-ring (bicyclic) bond motifs is 5. The predicted molar refractivity (Wildman–Crippen MR) is 348 cm³/mol. The number of alkyl halides is 9. The Hall–Kier alpha value is -1.62. The molecule has 2 aliphatic heterocycles. The molecule has 2 heterocycles. The van der Waals surface area contributed by atoms with Crippen molar-refractivity contribution in [3.63, 3.8) is 0 Å². The number of hydrogen-bond acceptors (Lipinski definition) is 13. The molecule has 1 saturated heterocycles. The number of cyclic esters (lactones) is 1. The van der Waals surface area contributed by atoms with Gasteiger partial charge in [-0.15, -0.1) is 0 Å². The number of benzene rings is 4. The van der Waals surface area contributed by atoms with Gasteiger partial charge in [0.15, 0.2) is 37.5 Å². The van der Waals surface area contributed by atoms with E-state index in [9.17, 15) is 29.1 Å². The van der Waals surface area contributed by atoms with E-state index in [2.05, 4.69) is 70.6 Å². The fourth-order valence-corrected chi connectivity index (χ4v) is 14.5. The van der Waals surface area contributed by atoms with Crippen LogP contribution in [0.15, 0.2) is 127 Å². The Kier molecular flexibility index (Phi) is 27.0. The molecular formula is C60H59Br4Cl9O13. The van der Waals surface area contributed by atoms with Crippen LogP contribution in [0.1, 0.15) is 113 Å². The summed E-state index contributed by atoms with van der Waals surface area (Å²) in [6, 6.07) is 26.9. The summed E-state index contributed by atoms with van der Waals surface area (Å²) >= 11 is 57.0. The molecule has 10 rings (SSSR count). The second kappa shape index (κ2) is 32.3. The van der Waals surface area contributed by atoms with Crippen molar-refractivity contribution in [1.29, 1.82) is 0 Å². The average Bonchev–Trinajstić information content (AvgIpc) is 1.35. The van der Waals surface area contributed by atoms with Crippen molar-refractivity contribution in [2.75, 3.05) is 13.2 Å². The Bertz CT molecular complexity index is 2980. The van der Waals surface area contributed by atoms with Gasteiger partial charge < -0.3 is 38.3 Å². The van der Waals surface area contributed by atoms with Gasteiger partial charge in [0.25, 0.3) is 0 Å². The molecule has 0 bridgehead atoms. The molecule has 5 fully saturated rings. The first-order chi connectivity index (χ1) is 40.6. The SMILES string of the molecule is C[C@H]1O[C@@H](O[C@H]2CC[C@@]3(COC(=O)c4ccc(Br)cc4)[C@@H](CC[C@@H]4[C@@H]3CC[C@]3(C)[C@@H](C5=CC(=O)OC5)CC[C@]43O)C2)[C@H](OC(=O)c2ccc(Br)cc2)[C@H](OC(=O)c2ccc(Br)cc2)[C@@H]1OC(=O)c1ccc(Br)cc1.ClC(Cl)Cl.ClC(Cl)Cl.ClC(Cl)Cl. The Morgan fingerprint density at radius 2 is 1.02 bits per heavy atom. The second-order valence-corrected chi connectivity index (χ2v) is 31.3. The number of ether oxygens (including phenoxy) is 7. The molecule has 4 aromatic rings. The van der Waals surface area contributed by atoms with E-state index in [4.69, 9.17) is 138 Å². The molecule has 0 unspecified atom stereocenters. The van der Waals surface area contributed by atoms with E-state index >= 15 is 0 Å². The standard InChI is InChI=1S/C57H56Br4O13.3CHCl3/c1-31-47(72-51(64)33-5-14-39(59)15-6-33)48(73-52(65)34-7-16-40(60)17-8-34)49(74-53(66)35-9-18-41(61)19-10-35)54(70-31)71-42-21-25-56(30-69-50(63)32-3-12-38(58)13-4-32)37(28-42)11-20-45-44(56)22-24-55(2)43(23-26-57(45,55)67)36-27-46(62)68-29-36;3*2-1(3)4/h3-10,12-19,27,31,37,42-45,47-49,54,67H,11,20-26,28-30H2,1-2H3;3*1H/t31-,37+,42+,43-,44+,45-,47-,48-,49-,54+,55-,56-,57+;;;/m1.../s1. The third kappa shape index (κ3) is 18.1. The molecule has 0 aromatic heterocycles. The van der Waals surface area contributed by atoms with Crippen molar-refractivity contribution in [2.45, 2.75) is 127 Å². The molecule has 4 aliphatic carbocycles. The fraction of sp³-hybridized carbons (Fsp3) is 0.483. The van der Waals surface area contributed by atoms with Gasteiger partial charge in [-0.2, -0.15) is 0 Å². The largest absolute Gasteiger partial charge is 0.461 e. The topological polar surface area (TPSA) is 170 Å². The first kappa shape index (κ1) is 71.8. The van der Waals surface area contributed by atoms with Gasteiger partial charge >= 0.3 is 29.8 Å². The zero-order valence-electron chi connectivity index (χ0n) is 45.9. The summed E-state index contributed by atoms with van der Waals surface area (Å²) in [5, 5.41) is 13.1. The lowest BCUT2D eigenvalue weighted by Crippen LogP contribution is -2.64. The van der Waals surface area contributed by atoms with Gasteiger partial charge in [-0.25, -0.2) is 24.0 Å². The third-order valence-corrected chi connectivity index (χ3v) is 19.3. The van der Waals surface area contributed by atoms with Crippen molar-refractivity contribution in [2.24, 2.45) is 34.5 Å². The molecule has 13 nitrogen and oxygen atoms in total. The van der Waals surface area contributed by atoms with Crippen LogP contribution in [0.3, 0.4) is 0 Å². The van der Waals surface area contributed by atoms with E-state index in [-0.39, 0.29) is 59.5 Å². The van der Waals surface area contributed by atoms with Crippen LogP contribution in [0.5, 0.6) is 0 Å². The number of carbonyl (C=O) groups is 5. The third-order valence-electron chi connectivity index (χ3n) is 17.2. The Morgan fingerprint density at radius 3 is 1.48 bits per heavy atom. The van der Waals surface area contributed by atoms with Crippen LogP contribution < -0.4 is 0 Å². The molecular weight excluding hydrogens is 1570 g/mol. The van der Waals surface area contributed by atoms with Gasteiger partial charge in [0.1, 0.15) is 6.61 Å². The first-order valence-corrected chi connectivity index (χ1v) is 34.2. The molecule has 0 spiro atoms. The minimum atomic E-state index is -1.44. The molecule has 26 heteroatoms. The van der Waals surface area contributed by atoms with E-state index in [1.54, 1.807) is 97.9 Å². The summed E-state index contributed by atoms with van der Waals surface area (Å²) in [6.45, 7) is 4.28. The number of halogens is 13. The fourth-order valence-electron chi connectivity index (χ4n) is 13.5. The van der Waals surface area contributed by atoms with Crippen molar-refractivity contribution in [3.8, 4) is 0 Å². The zero-order chi connectivity index (χ0) is 62.8. The molecule has 13 atom stereocenters. The zero-order valence-corrected chi connectivity index (χ0v) is 59.0. The first-order valence-electron chi connectivity index (χ1n) is 27.1.